The van der Waals surface area contributed by atoms with Crippen LogP contribution < -0.4 is 5.73 Å². The molecule has 0 unspecified atom stereocenters. The second-order valence-electron chi connectivity index (χ2n) is 1.90. The lowest BCUT2D eigenvalue weighted by atomic mass is 10.8. The Kier molecular flexibility index (Phi) is 1.32. The average molecular weight is 167 g/mol. The van der Waals surface area contributed by atoms with Gasteiger partial charge in [0.2, 0.25) is 11.1 Å². The highest BCUT2D eigenvalue weighted by Gasteiger charge is 2.00. The highest BCUT2D eigenvalue weighted by Crippen LogP contribution is 2.08. The lowest BCUT2D eigenvalue weighted by Crippen LogP contribution is -1.92. The third kappa shape index (κ3) is 1.07. The van der Waals surface area contributed by atoms with Gasteiger partial charge in [0.1, 0.15) is 6.33 Å². The Labute approximate surface area is 66.7 Å². The first-order valence-corrected chi connectivity index (χ1v) is 3.71. The summed E-state index contributed by atoms with van der Waals surface area (Å²) in [7, 11) is 0. The molecule has 0 aliphatic carbocycles. The summed E-state index contributed by atoms with van der Waals surface area (Å²) >= 11 is 1.17. The zero-order valence-corrected chi connectivity index (χ0v) is 6.32. The lowest BCUT2D eigenvalue weighted by molar-refractivity contribution is 0.969. The normalized spacial score (nSPS) is 10.2. The van der Waals surface area contributed by atoms with Crippen molar-refractivity contribution in [1.82, 2.24) is 18.9 Å². The molecule has 2 aromatic heterocycles. The van der Waals surface area contributed by atoms with Crippen LogP contribution in [0.2, 0.25) is 0 Å². The Morgan fingerprint density at radius 2 is 2.45 bits per heavy atom. The zero-order chi connectivity index (χ0) is 7.68. The summed E-state index contributed by atoms with van der Waals surface area (Å²) < 4.78 is 5.69. The molecule has 56 valence electrons. The summed E-state index contributed by atoms with van der Waals surface area (Å²) in [6.07, 6.45) is 5.06. The fraction of sp³-hybridized carbons (Fsp3) is 0. The van der Waals surface area contributed by atoms with E-state index in [1.54, 1.807) is 23.3 Å². The van der Waals surface area contributed by atoms with Crippen LogP contribution in [0.4, 0.5) is 5.13 Å². The van der Waals surface area contributed by atoms with E-state index >= 15 is 0 Å². The zero-order valence-electron chi connectivity index (χ0n) is 5.51. The van der Waals surface area contributed by atoms with Crippen LogP contribution in [0.1, 0.15) is 0 Å². The van der Waals surface area contributed by atoms with Crippen LogP contribution in [0.3, 0.4) is 0 Å². The fourth-order valence-electron chi connectivity index (χ4n) is 0.709. The first-order chi connectivity index (χ1) is 5.36. The Morgan fingerprint density at radius 3 is 3.00 bits per heavy atom. The predicted octanol–water partition coefficient (Wildman–Crippen LogP) is 0.306. The van der Waals surface area contributed by atoms with Crippen LogP contribution in [0.5, 0.6) is 0 Å². The minimum absolute atomic E-state index is 0.466. The molecule has 11 heavy (non-hydrogen) atoms. The maximum absolute atomic E-state index is 5.40. The molecule has 0 saturated heterocycles. The highest BCUT2D eigenvalue weighted by atomic mass is 32.1. The Morgan fingerprint density at radius 1 is 1.55 bits per heavy atom. The second kappa shape index (κ2) is 2.31. The van der Waals surface area contributed by atoms with Gasteiger partial charge in [-0.25, -0.2) is 4.98 Å². The SMILES string of the molecule is Nc1nc(-n2ccnc2)ns1. The summed E-state index contributed by atoms with van der Waals surface area (Å²) in [5, 5.41) is 0.466. The summed E-state index contributed by atoms with van der Waals surface area (Å²) in [5.74, 6) is 0.574. The number of aromatic nitrogens is 4. The van der Waals surface area contributed by atoms with Gasteiger partial charge in [0, 0.05) is 23.9 Å². The number of nitrogens with two attached hydrogens (primary N) is 1. The molecule has 0 bridgehead atoms. The number of nitrogens with zero attached hydrogens (tertiary/aromatic N) is 4. The van der Waals surface area contributed by atoms with Gasteiger partial charge in [0.25, 0.3) is 0 Å². The smallest absolute Gasteiger partial charge is 0.248 e. The maximum Gasteiger partial charge on any atom is 0.248 e. The molecule has 0 aromatic carbocycles. The lowest BCUT2D eigenvalue weighted by Gasteiger charge is -1.89. The summed E-state index contributed by atoms with van der Waals surface area (Å²) in [5.41, 5.74) is 5.40. The number of nitrogen functional groups attached to an aromatic ring is 1. The van der Waals surface area contributed by atoms with Crippen molar-refractivity contribution < 1.29 is 0 Å². The van der Waals surface area contributed by atoms with Gasteiger partial charge < -0.3 is 5.73 Å². The van der Waals surface area contributed by atoms with Crippen LogP contribution in [-0.2, 0) is 0 Å². The third-order valence-electron chi connectivity index (χ3n) is 1.17. The van der Waals surface area contributed by atoms with E-state index in [0.717, 1.165) is 0 Å². The first kappa shape index (κ1) is 6.29. The second-order valence-corrected chi connectivity index (χ2v) is 2.69. The van der Waals surface area contributed by atoms with Gasteiger partial charge in [0.15, 0.2) is 0 Å². The van der Waals surface area contributed by atoms with Crippen molar-refractivity contribution in [2.45, 2.75) is 0 Å². The van der Waals surface area contributed by atoms with Gasteiger partial charge in [-0.2, -0.15) is 9.36 Å². The monoisotopic (exact) mass is 167 g/mol. The Balaban J connectivity index is 2.45. The van der Waals surface area contributed by atoms with Crippen molar-refractivity contribution in [3.63, 3.8) is 0 Å². The van der Waals surface area contributed by atoms with Crippen molar-refractivity contribution in [3.8, 4) is 5.95 Å². The van der Waals surface area contributed by atoms with Crippen molar-refractivity contribution in [1.29, 1.82) is 0 Å². The molecule has 0 amide bonds. The molecule has 0 aliphatic heterocycles. The fourth-order valence-corrected chi connectivity index (χ4v) is 1.14. The van der Waals surface area contributed by atoms with Crippen molar-refractivity contribution in [2.24, 2.45) is 0 Å². The third-order valence-corrected chi connectivity index (χ3v) is 1.70. The van der Waals surface area contributed by atoms with Crippen LogP contribution in [0.25, 0.3) is 5.95 Å². The molecule has 0 saturated carbocycles. The molecule has 0 atom stereocenters. The van der Waals surface area contributed by atoms with E-state index < -0.39 is 0 Å². The van der Waals surface area contributed by atoms with Gasteiger partial charge in [-0.15, -0.1) is 0 Å². The van der Waals surface area contributed by atoms with Crippen LogP contribution >= 0.6 is 11.5 Å². The number of hydrogen-bond acceptors (Lipinski definition) is 5. The van der Waals surface area contributed by atoms with E-state index in [-0.39, 0.29) is 0 Å². The molecule has 6 heteroatoms. The van der Waals surface area contributed by atoms with E-state index in [1.165, 1.54) is 11.5 Å². The number of imidazole rings is 1. The standard InChI is InChI=1S/C5H5N5S/c6-4-8-5(9-11-4)10-2-1-7-3-10/h1-3H,(H2,6,8,9). The molecule has 0 fully saturated rings. The highest BCUT2D eigenvalue weighted by molar-refractivity contribution is 7.09. The summed E-state index contributed by atoms with van der Waals surface area (Å²) in [6.45, 7) is 0. The molecule has 2 N–H and O–H groups in total. The van der Waals surface area contributed by atoms with Crippen molar-refractivity contribution in [2.75, 3.05) is 5.73 Å². The number of rotatable bonds is 1. The Hall–Kier alpha value is -1.43. The molecule has 0 radical (unpaired) electrons. The first-order valence-electron chi connectivity index (χ1n) is 2.94. The van der Waals surface area contributed by atoms with Crippen LogP contribution in [-0.4, -0.2) is 18.9 Å². The van der Waals surface area contributed by atoms with E-state index in [1.807, 2.05) is 0 Å². The van der Waals surface area contributed by atoms with Crippen molar-refractivity contribution >= 4 is 16.7 Å². The summed E-state index contributed by atoms with van der Waals surface area (Å²) in [6, 6.07) is 0. The topological polar surface area (TPSA) is 69.6 Å². The molecule has 5 nitrogen and oxygen atoms in total. The van der Waals surface area contributed by atoms with E-state index in [0.29, 0.717) is 11.1 Å². The Bertz CT molecular complexity index is 337. The van der Waals surface area contributed by atoms with Gasteiger partial charge in [-0.3, -0.25) is 4.57 Å². The van der Waals surface area contributed by atoms with Gasteiger partial charge in [0.05, 0.1) is 0 Å². The molecule has 2 rings (SSSR count). The average Bonchev–Trinajstić information content (AvgIpc) is 2.55. The van der Waals surface area contributed by atoms with Crippen LogP contribution in [0.15, 0.2) is 18.7 Å². The van der Waals surface area contributed by atoms with Gasteiger partial charge in [-0.1, -0.05) is 0 Å². The molecular formula is C5H5N5S. The molecule has 0 spiro atoms. The van der Waals surface area contributed by atoms with Gasteiger partial charge in [-0.05, 0) is 0 Å². The minimum Gasteiger partial charge on any atom is -0.374 e. The van der Waals surface area contributed by atoms with Gasteiger partial charge >= 0.3 is 0 Å². The largest absolute Gasteiger partial charge is 0.374 e. The predicted molar refractivity (Wildman–Crippen MR) is 41.4 cm³/mol. The van der Waals surface area contributed by atoms with E-state index in [9.17, 15) is 0 Å². The maximum atomic E-state index is 5.40. The van der Waals surface area contributed by atoms with E-state index in [2.05, 4.69) is 14.3 Å². The van der Waals surface area contributed by atoms with E-state index in [4.69, 9.17) is 5.73 Å². The minimum atomic E-state index is 0.466. The molecular weight excluding hydrogens is 162 g/mol. The van der Waals surface area contributed by atoms with Crippen LogP contribution in [0, 0.1) is 0 Å². The van der Waals surface area contributed by atoms with Crippen molar-refractivity contribution in [3.05, 3.63) is 18.7 Å². The number of hydrogen-bond donors (Lipinski definition) is 1. The quantitative estimate of drug-likeness (QED) is 0.663. The molecule has 0 aliphatic rings. The number of anilines is 1. The summed E-state index contributed by atoms with van der Waals surface area (Å²) in [4.78, 5) is 7.82. The molecule has 2 aromatic rings. The molecule has 2 heterocycles.